The van der Waals surface area contributed by atoms with Gasteiger partial charge in [-0.3, -0.25) is 0 Å². The Kier molecular flexibility index (Phi) is 5.00. The van der Waals surface area contributed by atoms with Crippen LogP contribution in [0.25, 0.3) is 6.08 Å². The standard InChI is InChI=1S/C17H25N/c1-3-4-15-5-7-16(8-6-15)9-10-17-13-14(2)11-12-18-17/h5-10,14,17-18H,3-4,11-13H2,1-2H3/b10-9+. The zero-order valence-corrected chi connectivity index (χ0v) is 11.7. The SMILES string of the molecule is CCCc1ccc(/C=C/C2CC(C)CCN2)cc1. The molecule has 0 spiro atoms. The number of nitrogens with one attached hydrogen (secondary N) is 1. The fourth-order valence-corrected chi connectivity index (χ4v) is 2.61. The largest absolute Gasteiger partial charge is 0.310 e. The lowest BCUT2D eigenvalue weighted by molar-refractivity contribution is 0.357. The summed E-state index contributed by atoms with van der Waals surface area (Å²) >= 11 is 0. The number of aryl methyl sites for hydroxylation is 1. The van der Waals surface area contributed by atoms with Gasteiger partial charge < -0.3 is 5.32 Å². The van der Waals surface area contributed by atoms with Gasteiger partial charge in [-0.2, -0.15) is 0 Å². The van der Waals surface area contributed by atoms with Crippen LogP contribution in [0, 0.1) is 5.92 Å². The van der Waals surface area contributed by atoms with Crippen molar-refractivity contribution in [1.82, 2.24) is 5.32 Å². The summed E-state index contributed by atoms with van der Waals surface area (Å²) in [4.78, 5) is 0. The normalized spacial score (nSPS) is 24.6. The minimum atomic E-state index is 0.559. The van der Waals surface area contributed by atoms with Crippen LogP contribution >= 0.6 is 0 Å². The maximum Gasteiger partial charge on any atom is 0.0255 e. The first-order valence-corrected chi connectivity index (χ1v) is 7.28. The lowest BCUT2D eigenvalue weighted by Crippen LogP contribution is -2.35. The lowest BCUT2D eigenvalue weighted by Gasteiger charge is -2.25. The molecular formula is C17H25N. The summed E-state index contributed by atoms with van der Waals surface area (Å²) in [6.45, 7) is 5.73. The molecule has 1 aromatic carbocycles. The summed E-state index contributed by atoms with van der Waals surface area (Å²) < 4.78 is 0. The highest BCUT2D eigenvalue weighted by molar-refractivity contribution is 5.50. The van der Waals surface area contributed by atoms with E-state index in [1.807, 2.05) is 0 Å². The summed E-state index contributed by atoms with van der Waals surface area (Å²) in [5, 5.41) is 3.56. The van der Waals surface area contributed by atoms with Crippen LogP contribution in [0.3, 0.4) is 0 Å². The summed E-state index contributed by atoms with van der Waals surface area (Å²) in [7, 11) is 0. The molecule has 1 heterocycles. The first kappa shape index (κ1) is 13.4. The molecular weight excluding hydrogens is 218 g/mol. The molecule has 0 aromatic heterocycles. The third-order valence-electron chi connectivity index (χ3n) is 3.74. The van der Waals surface area contributed by atoms with Gasteiger partial charge in [0.2, 0.25) is 0 Å². The maximum atomic E-state index is 3.56. The molecule has 18 heavy (non-hydrogen) atoms. The van der Waals surface area contributed by atoms with Crippen molar-refractivity contribution in [1.29, 1.82) is 0 Å². The van der Waals surface area contributed by atoms with Gasteiger partial charge in [-0.1, -0.05) is 56.7 Å². The Morgan fingerprint density at radius 1 is 1.28 bits per heavy atom. The second kappa shape index (κ2) is 6.75. The molecule has 1 N–H and O–H groups in total. The smallest absolute Gasteiger partial charge is 0.0255 e. The molecule has 0 bridgehead atoms. The highest BCUT2D eigenvalue weighted by atomic mass is 14.9. The molecule has 1 saturated heterocycles. The molecule has 0 amide bonds. The Bertz CT molecular complexity index is 377. The van der Waals surface area contributed by atoms with Crippen LogP contribution < -0.4 is 5.32 Å². The predicted octanol–water partition coefficient (Wildman–Crippen LogP) is 4.04. The first-order chi connectivity index (χ1) is 8.78. The van der Waals surface area contributed by atoms with Crippen LogP contribution in [0.1, 0.15) is 44.2 Å². The first-order valence-electron chi connectivity index (χ1n) is 7.28. The van der Waals surface area contributed by atoms with Crippen LogP contribution in [-0.4, -0.2) is 12.6 Å². The zero-order valence-electron chi connectivity index (χ0n) is 11.7. The quantitative estimate of drug-likeness (QED) is 0.841. The van der Waals surface area contributed by atoms with E-state index in [0.717, 1.165) is 12.5 Å². The predicted molar refractivity (Wildman–Crippen MR) is 79.7 cm³/mol. The van der Waals surface area contributed by atoms with E-state index in [9.17, 15) is 0 Å². The molecule has 0 radical (unpaired) electrons. The second-order valence-corrected chi connectivity index (χ2v) is 5.54. The number of hydrogen-bond donors (Lipinski definition) is 1. The Morgan fingerprint density at radius 3 is 2.72 bits per heavy atom. The Hall–Kier alpha value is -1.08. The number of rotatable bonds is 4. The Morgan fingerprint density at radius 2 is 2.06 bits per heavy atom. The van der Waals surface area contributed by atoms with Crippen molar-refractivity contribution in [3.8, 4) is 0 Å². The summed E-state index contributed by atoms with van der Waals surface area (Å²) in [5.74, 6) is 0.854. The van der Waals surface area contributed by atoms with Crippen molar-refractivity contribution in [2.75, 3.05) is 6.54 Å². The fourth-order valence-electron chi connectivity index (χ4n) is 2.61. The molecule has 0 saturated carbocycles. The summed E-state index contributed by atoms with van der Waals surface area (Å²) in [6, 6.07) is 9.52. The highest BCUT2D eigenvalue weighted by Crippen LogP contribution is 2.17. The van der Waals surface area contributed by atoms with Crippen LogP contribution in [0.4, 0.5) is 0 Å². The fraction of sp³-hybridized carbons (Fsp3) is 0.529. The van der Waals surface area contributed by atoms with Crippen molar-refractivity contribution < 1.29 is 0 Å². The third-order valence-corrected chi connectivity index (χ3v) is 3.74. The molecule has 2 rings (SSSR count). The van der Waals surface area contributed by atoms with Gasteiger partial charge in [0.25, 0.3) is 0 Å². The van der Waals surface area contributed by atoms with Gasteiger partial charge in [-0.15, -0.1) is 0 Å². The van der Waals surface area contributed by atoms with E-state index < -0.39 is 0 Å². The van der Waals surface area contributed by atoms with Gasteiger partial charge in [0.1, 0.15) is 0 Å². The van der Waals surface area contributed by atoms with Crippen molar-refractivity contribution in [3.63, 3.8) is 0 Å². The number of hydrogen-bond acceptors (Lipinski definition) is 1. The van der Waals surface area contributed by atoms with Crippen molar-refractivity contribution in [2.45, 2.75) is 45.6 Å². The molecule has 1 aromatic rings. The van der Waals surface area contributed by atoms with E-state index in [4.69, 9.17) is 0 Å². The molecule has 1 aliphatic rings. The zero-order chi connectivity index (χ0) is 12.8. The van der Waals surface area contributed by atoms with Gasteiger partial charge >= 0.3 is 0 Å². The Balaban J connectivity index is 1.91. The van der Waals surface area contributed by atoms with Crippen LogP contribution in [0.2, 0.25) is 0 Å². The molecule has 1 heteroatoms. The van der Waals surface area contributed by atoms with E-state index in [0.29, 0.717) is 6.04 Å². The van der Waals surface area contributed by atoms with Crippen molar-refractivity contribution in [3.05, 3.63) is 41.5 Å². The van der Waals surface area contributed by atoms with Crippen molar-refractivity contribution in [2.24, 2.45) is 5.92 Å². The third kappa shape index (κ3) is 3.99. The van der Waals surface area contributed by atoms with Gasteiger partial charge in [-0.25, -0.2) is 0 Å². The topological polar surface area (TPSA) is 12.0 Å². The highest BCUT2D eigenvalue weighted by Gasteiger charge is 2.15. The van der Waals surface area contributed by atoms with Crippen LogP contribution in [0.15, 0.2) is 30.3 Å². The molecule has 1 nitrogen and oxygen atoms in total. The van der Waals surface area contributed by atoms with E-state index in [-0.39, 0.29) is 0 Å². The molecule has 1 aliphatic heterocycles. The molecule has 2 atom stereocenters. The van der Waals surface area contributed by atoms with Gasteiger partial charge in [0, 0.05) is 6.04 Å². The van der Waals surface area contributed by atoms with E-state index in [1.165, 1.54) is 36.8 Å². The van der Waals surface area contributed by atoms with Gasteiger partial charge in [-0.05, 0) is 42.9 Å². The van der Waals surface area contributed by atoms with Gasteiger partial charge in [0.05, 0.1) is 0 Å². The minimum absolute atomic E-state index is 0.559. The van der Waals surface area contributed by atoms with Crippen LogP contribution in [-0.2, 0) is 6.42 Å². The second-order valence-electron chi connectivity index (χ2n) is 5.54. The maximum absolute atomic E-state index is 3.56. The lowest BCUT2D eigenvalue weighted by atomic mass is 9.94. The van der Waals surface area contributed by atoms with E-state index >= 15 is 0 Å². The van der Waals surface area contributed by atoms with Crippen LogP contribution in [0.5, 0.6) is 0 Å². The summed E-state index contributed by atoms with van der Waals surface area (Å²) in [6.07, 6.45) is 9.57. The minimum Gasteiger partial charge on any atom is -0.310 e. The monoisotopic (exact) mass is 243 g/mol. The number of piperidine rings is 1. The molecule has 1 fully saturated rings. The Labute approximate surface area is 111 Å². The molecule has 0 aliphatic carbocycles. The van der Waals surface area contributed by atoms with E-state index in [1.54, 1.807) is 0 Å². The molecule has 98 valence electrons. The number of benzene rings is 1. The van der Waals surface area contributed by atoms with E-state index in [2.05, 4.69) is 55.6 Å². The molecule has 2 unspecified atom stereocenters. The summed E-state index contributed by atoms with van der Waals surface area (Å²) in [5.41, 5.74) is 2.76. The average Bonchev–Trinajstić information content (AvgIpc) is 2.38. The average molecular weight is 243 g/mol. The van der Waals surface area contributed by atoms with Crippen molar-refractivity contribution >= 4 is 6.08 Å². The van der Waals surface area contributed by atoms with Gasteiger partial charge in [0.15, 0.2) is 0 Å².